The Morgan fingerprint density at radius 1 is 1.35 bits per heavy atom. The average molecular weight is 273 g/mol. The van der Waals surface area contributed by atoms with Crippen LogP contribution in [0, 0.1) is 5.92 Å². The summed E-state index contributed by atoms with van der Waals surface area (Å²) in [4.78, 5) is 6.85. The number of hydrogen-bond donors (Lipinski definition) is 1. The van der Waals surface area contributed by atoms with Crippen molar-refractivity contribution in [3.63, 3.8) is 0 Å². The van der Waals surface area contributed by atoms with Crippen LogP contribution in [0.15, 0.2) is 30.5 Å². The number of nitrogens with zero attached hydrogens (tertiary/aromatic N) is 2. The second kappa shape index (κ2) is 6.57. The van der Waals surface area contributed by atoms with Gasteiger partial charge in [0.2, 0.25) is 0 Å². The maximum absolute atomic E-state index is 5.74. The van der Waals surface area contributed by atoms with Gasteiger partial charge in [0.25, 0.3) is 0 Å². The van der Waals surface area contributed by atoms with Crippen molar-refractivity contribution in [3.8, 4) is 5.75 Å². The van der Waals surface area contributed by atoms with Crippen LogP contribution in [-0.4, -0.2) is 31.7 Å². The molecule has 0 saturated carbocycles. The van der Waals surface area contributed by atoms with Crippen molar-refractivity contribution >= 4 is 16.6 Å². The monoisotopic (exact) mass is 273 g/mol. The zero-order valence-electron chi connectivity index (χ0n) is 12.5. The predicted molar refractivity (Wildman–Crippen MR) is 84.4 cm³/mol. The third-order valence-electron chi connectivity index (χ3n) is 3.57. The molecule has 108 valence electrons. The van der Waals surface area contributed by atoms with Crippen LogP contribution in [0.1, 0.15) is 13.8 Å². The fourth-order valence-electron chi connectivity index (χ4n) is 2.33. The van der Waals surface area contributed by atoms with Crippen LogP contribution in [0.4, 0.5) is 5.82 Å². The number of ether oxygens (including phenoxy) is 1. The number of anilines is 1. The molecule has 0 saturated heterocycles. The summed E-state index contributed by atoms with van der Waals surface area (Å²) in [5.74, 6) is 2.30. The number of rotatable bonds is 6. The van der Waals surface area contributed by atoms with Gasteiger partial charge in [0, 0.05) is 24.7 Å². The van der Waals surface area contributed by atoms with E-state index in [0.29, 0.717) is 12.5 Å². The molecule has 2 aromatic rings. The Morgan fingerprint density at radius 2 is 2.15 bits per heavy atom. The Kier molecular flexibility index (Phi) is 4.79. The van der Waals surface area contributed by atoms with E-state index in [4.69, 9.17) is 10.5 Å². The molecular weight excluding hydrogens is 250 g/mol. The van der Waals surface area contributed by atoms with E-state index in [1.54, 1.807) is 7.11 Å². The van der Waals surface area contributed by atoms with Crippen LogP contribution < -0.4 is 15.4 Å². The molecular formula is C16H23N3O. The third kappa shape index (κ3) is 3.02. The highest BCUT2D eigenvalue weighted by molar-refractivity contribution is 5.93. The van der Waals surface area contributed by atoms with Crippen molar-refractivity contribution in [1.29, 1.82) is 0 Å². The Balaban J connectivity index is 2.45. The first-order chi connectivity index (χ1) is 9.69. The van der Waals surface area contributed by atoms with E-state index in [9.17, 15) is 0 Å². The normalized spacial score (nSPS) is 12.4. The fourth-order valence-corrected chi connectivity index (χ4v) is 2.33. The lowest BCUT2D eigenvalue weighted by Crippen LogP contribution is -2.32. The number of methoxy groups -OCH3 is 1. The molecule has 0 bridgehead atoms. The van der Waals surface area contributed by atoms with Gasteiger partial charge in [-0.1, -0.05) is 13.0 Å². The van der Waals surface area contributed by atoms with E-state index in [0.717, 1.165) is 30.0 Å². The summed E-state index contributed by atoms with van der Waals surface area (Å²) in [6.07, 6.45) is 1.86. The molecule has 2 N–H and O–H groups in total. The minimum Gasteiger partial charge on any atom is -0.497 e. The first kappa shape index (κ1) is 14.6. The van der Waals surface area contributed by atoms with Gasteiger partial charge in [-0.05, 0) is 43.0 Å². The van der Waals surface area contributed by atoms with Crippen LogP contribution in [0.3, 0.4) is 0 Å². The van der Waals surface area contributed by atoms with E-state index in [2.05, 4.69) is 29.8 Å². The average Bonchev–Trinajstić information content (AvgIpc) is 2.51. The second-order valence-electron chi connectivity index (χ2n) is 5.10. The molecule has 4 nitrogen and oxygen atoms in total. The quantitative estimate of drug-likeness (QED) is 0.879. The van der Waals surface area contributed by atoms with Gasteiger partial charge in [-0.25, -0.2) is 4.98 Å². The molecule has 0 fully saturated rings. The van der Waals surface area contributed by atoms with E-state index in [1.807, 2.05) is 24.4 Å². The summed E-state index contributed by atoms with van der Waals surface area (Å²) in [6.45, 7) is 6.81. The van der Waals surface area contributed by atoms with Crippen LogP contribution in [0.2, 0.25) is 0 Å². The summed E-state index contributed by atoms with van der Waals surface area (Å²) < 4.78 is 5.33. The zero-order valence-corrected chi connectivity index (χ0v) is 12.5. The van der Waals surface area contributed by atoms with Gasteiger partial charge >= 0.3 is 0 Å². The zero-order chi connectivity index (χ0) is 14.5. The first-order valence-corrected chi connectivity index (χ1v) is 7.07. The predicted octanol–water partition coefficient (Wildman–Crippen LogP) is 2.66. The number of hydrogen-bond acceptors (Lipinski definition) is 4. The van der Waals surface area contributed by atoms with Gasteiger partial charge in [-0.3, -0.25) is 0 Å². The van der Waals surface area contributed by atoms with E-state index < -0.39 is 0 Å². The third-order valence-corrected chi connectivity index (χ3v) is 3.57. The maximum atomic E-state index is 5.74. The van der Waals surface area contributed by atoms with Crippen molar-refractivity contribution in [3.05, 3.63) is 30.5 Å². The minimum absolute atomic E-state index is 0.442. The minimum atomic E-state index is 0.442. The number of benzene rings is 1. The van der Waals surface area contributed by atoms with E-state index >= 15 is 0 Å². The highest BCUT2D eigenvalue weighted by atomic mass is 16.5. The van der Waals surface area contributed by atoms with Gasteiger partial charge in [-0.15, -0.1) is 0 Å². The van der Waals surface area contributed by atoms with Gasteiger partial charge in [0.15, 0.2) is 0 Å². The summed E-state index contributed by atoms with van der Waals surface area (Å²) in [5, 5.41) is 2.30. The number of nitrogens with two attached hydrogens (primary N) is 1. The molecule has 4 heteroatoms. The largest absolute Gasteiger partial charge is 0.497 e. The van der Waals surface area contributed by atoms with Gasteiger partial charge < -0.3 is 15.4 Å². The lowest BCUT2D eigenvalue weighted by Gasteiger charge is -2.26. The second-order valence-corrected chi connectivity index (χ2v) is 5.10. The molecule has 1 atom stereocenters. The van der Waals surface area contributed by atoms with Crippen molar-refractivity contribution < 1.29 is 4.74 Å². The summed E-state index contributed by atoms with van der Waals surface area (Å²) in [5.41, 5.74) is 5.74. The molecule has 0 radical (unpaired) electrons. The van der Waals surface area contributed by atoms with Crippen LogP contribution in [0.25, 0.3) is 10.8 Å². The number of aromatic nitrogens is 1. The van der Waals surface area contributed by atoms with Gasteiger partial charge in [-0.2, -0.15) is 0 Å². The van der Waals surface area contributed by atoms with Crippen LogP contribution in [-0.2, 0) is 0 Å². The van der Waals surface area contributed by atoms with Crippen LogP contribution in [0.5, 0.6) is 5.75 Å². The molecule has 1 heterocycles. The standard InChI is InChI=1S/C16H23N3O/c1-4-19(11-12(2)10-17)16-15-9-14(20-3)6-5-13(15)7-8-18-16/h5-9,12H,4,10-11,17H2,1-3H3. The van der Waals surface area contributed by atoms with Crippen LogP contribution >= 0.6 is 0 Å². The fraction of sp³-hybridized carbons (Fsp3) is 0.438. The molecule has 2 rings (SSSR count). The van der Waals surface area contributed by atoms with E-state index in [1.165, 1.54) is 5.39 Å². The Morgan fingerprint density at radius 3 is 2.80 bits per heavy atom. The first-order valence-electron chi connectivity index (χ1n) is 7.07. The van der Waals surface area contributed by atoms with Crippen molar-refractivity contribution in [2.24, 2.45) is 11.7 Å². The molecule has 0 aliphatic heterocycles. The molecule has 0 amide bonds. The van der Waals surface area contributed by atoms with Crippen molar-refractivity contribution in [1.82, 2.24) is 4.98 Å². The van der Waals surface area contributed by atoms with Crippen molar-refractivity contribution in [2.45, 2.75) is 13.8 Å². The molecule has 0 aliphatic rings. The molecule has 1 aromatic heterocycles. The Labute approximate surface area is 120 Å². The Hall–Kier alpha value is -1.81. The summed E-state index contributed by atoms with van der Waals surface area (Å²) in [6, 6.07) is 8.12. The summed E-state index contributed by atoms with van der Waals surface area (Å²) in [7, 11) is 1.69. The highest BCUT2D eigenvalue weighted by Gasteiger charge is 2.13. The summed E-state index contributed by atoms with van der Waals surface area (Å²) >= 11 is 0. The molecule has 0 spiro atoms. The molecule has 1 unspecified atom stereocenters. The SMILES string of the molecule is CCN(CC(C)CN)c1nccc2ccc(OC)cc12. The Bertz CT molecular complexity index is 571. The number of pyridine rings is 1. The van der Waals surface area contributed by atoms with E-state index in [-0.39, 0.29) is 0 Å². The lowest BCUT2D eigenvalue weighted by molar-refractivity contribution is 0.415. The lowest BCUT2D eigenvalue weighted by atomic mass is 10.1. The van der Waals surface area contributed by atoms with Crippen molar-refractivity contribution in [2.75, 3.05) is 31.6 Å². The topological polar surface area (TPSA) is 51.4 Å². The molecule has 0 aliphatic carbocycles. The molecule has 1 aromatic carbocycles. The maximum Gasteiger partial charge on any atom is 0.136 e. The molecule has 20 heavy (non-hydrogen) atoms. The highest BCUT2D eigenvalue weighted by Crippen LogP contribution is 2.28. The number of fused-ring (bicyclic) bond motifs is 1. The van der Waals surface area contributed by atoms with Gasteiger partial charge in [0.05, 0.1) is 7.11 Å². The van der Waals surface area contributed by atoms with Gasteiger partial charge in [0.1, 0.15) is 11.6 Å². The smallest absolute Gasteiger partial charge is 0.136 e.